The van der Waals surface area contributed by atoms with Crippen molar-refractivity contribution in [3.8, 4) is 0 Å². The molecule has 0 spiro atoms. The molecule has 0 saturated carbocycles. The number of hydrogen-bond acceptors (Lipinski definition) is 6. The molecule has 1 unspecified atom stereocenters. The topological polar surface area (TPSA) is 134 Å². The minimum atomic E-state index is -0.973. The van der Waals surface area contributed by atoms with E-state index in [-0.39, 0.29) is 30.6 Å². The van der Waals surface area contributed by atoms with Crippen LogP contribution < -0.4 is 16.0 Å². The number of nitrogens with one attached hydrogen (secondary N) is 3. The smallest absolute Gasteiger partial charge is 0.328 e. The average Bonchev–Trinajstić information content (AvgIpc) is 2.96. The van der Waals surface area contributed by atoms with E-state index >= 15 is 0 Å². The van der Waals surface area contributed by atoms with Crippen molar-refractivity contribution in [2.24, 2.45) is 11.8 Å². The summed E-state index contributed by atoms with van der Waals surface area (Å²) in [5, 5.41) is 17.2. The number of aliphatic hydroxyl groups is 1. The Hall–Kier alpha value is -2.16. The van der Waals surface area contributed by atoms with Gasteiger partial charge in [-0.25, -0.2) is 4.79 Å². The van der Waals surface area contributed by atoms with Crippen LogP contribution in [0.4, 0.5) is 0 Å². The predicted octanol–water partition coefficient (Wildman–Crippen LogP) is -0.528. The van der Waals surface area contributed by atoms with Crippen LogP contribution in [-0.4, -0.2) is 60.6 Å². The van der Waals surface area contributed by atoms with Gasteiger partial charge in [-0.1, -0.05) is 13.8 Å². The number of hydrogen-bond donors (Lipinski definition) is 4. The highest BCUT2D eigenvalue weighted by Crippen LogP contribution is 2.17. The third kappa shape index (κ3) is 7.94. The molecule has 0 aromatic heterocycles. The van der Waals surface area contributed by atoms with Crippen molar-refractivity contribution in [2.75, 3.05) is 13.7 Å². The maximum absolute atomic E-state index is 12.7. The number of ether oxygens (including phenoxy) is 1. The van der Waals surface area contributed by atoms with Gasteiger partial charge in [0.25, 0.3) is 0 Å². The van der Waals surface area contributed by atoms with E-state index in [4.69, 9.17) is 4.74 Å². The molecule has 154 valence electrons. The molecule has 1 rings (SSSR count). The van der Waals surface area contributed by atoms with Gasteiger partial charge in [-0.15, -0.1) is 0 Å². The van der Waals surface area contributed by atoms with Crippen LogP contribution in [0.3, 0.4) is 0 Å². The van der Waals surface area contributed by atoms with Gasteiger partial charge in [0, 0.05) is 12.5 Å². The molecule has 9 heteroatoms. The molecule has 1 saturated heterocycles. The van der Waals surface area contributed by atoms with Crippen LogP contribution in [0.25, 0.3) is 0 Å². The second-order valence-corrected chi connectivity index (χ2v) is 7.40. The quantitative estimate of drug-likeness (QED) is 0.374. The van der Waals surface area contributed by atoms with Crippen LogP contribution in [0.2, 0.25) is 0 Å². The monoisotopic (exact) mass is 385 g/mol. The van der Waals surface area contributed by atoms with Gasteiger partial charge in [-0.05, 0) is 32.1 Å². The lowest BCUT2D eigenvalue weighted by Crippen LogP contribution is -2.53. The molecule has 1 fully saturated rings. The fraction of sp³-hybridized carbons (Fsp3) is 0.778. The third-order valence-electron chi connectivity index (χ3n) is 4.32. The van der Waals surface area contributed by atoms with Gasteiger partial charge in [-0.2, -0.15) is 0 Å². The Morgan fingerprint density at radius 1 is 1.22 bits per heavy atom. The minimum Gasteiger partial charge on any atom is -0.467 e. The molecule has 9 nitrogen and oxygen atoms in total. The van der Waals surface area contributed by atoms with Crippen molar-refractivity contribution in [1.29, 1.82) is 0 Å². The Labute approximate surface area is 159 Å². The van der Waals surface area contributed by atoms with Crippen molar-refractivity contribution in [2.45, 2.75) is 64.6 Å². The molecule has 0 radical (unpaired) electrons. The van der Waals surface area contributed by atoms with E-state index in [1.165, 1.54) is 14.0 Å². The zero-order valence-electron chi connectivity index (χ0n) is 16.4. The predicted molar refractivity (Wildman–Crippen MR) is 97.4 cm³/mol. The Balaban J connectivity index is 2.81. The molecule has 0 aromatic carbocycles. The summed E-state index contributed by atoms with van der Waals surface area (Å²) < 4.78 is 4.75. The van der Waals surface area contributed by atoms with Crippen LogP contribution in [0.5, 0.6) is 0 Å². The van der Waals surface area contributed by atoms with Crippen molar-refractivity contribution < 1.29 is 29.0 Å². The van der Waals surface area contributed by atoms with Crippen molar-refractivity contribution >= 4 is 23.7 Å². The largest absolute Gasteiger partial charge is 0.467 e. The van der Waals surface area contributed by atoms with E-state index in [0.717, 1.165) is 0 Å². The first-order valence-electron chi connectivity index (χ1n) is 9.27. The maximum Gasteiger partial charge on any atom is 0.328 e. The van der Waals surface area contributed by atoms with Gasteiger partial charge in [0.2, 0.25) is 17.7 Å². The van der Waals surface area contributed by atoms with Crippen molar-refractivity contribution in [3.63, 3.8) is 0 Å². The highest BCUT2D eigenvalue weighted by molar-refractivity contribution is 5.91. The lowest BCUT2D eigenvalue weighted by molar-refractivity contribution is -0.146. The SMILES string of the molecule is COC(=O)[C@H](C[C@@H]1CCNC1=O)NC(=O)[C@H](CC(C)C)NC(=O)CC(C)O. The summed E-state index contributed by atoms with van der Waals surface area (Å²) in [4.78, 5) is 48.5. The third-order valence-corrected chi connectivity index (χ3v) is 4.32. The first kappa shape index (κ1) is 22.9. The lowest BCUT2D eigenvalue weighted by Gasteiger charge is -2.24. The standard InChI is InChI=1S/C18H31N3O6/c1-10(2)7-13(20-15(23)8-11(3)22)17(25)21-14(18(26)27-4)9-12-5-6-19-16(12)24/h10-14,22H,5-9H2,1-4H3,(H,19,24)(H,20,23)(H,21,25)/t11?,12-,13-,14-/m0/s1. The van der Waals surface area contributed by atoms with E-state index < -0.39 is 36.0 Å². The first-order chi connectivity index (χ1) is 12.6. The fourth-order valence-electron chi connectivity index (χ4n) is 3.01. The second kappa shape index (κ2) is 10.9. The Morgan fingerprint density at radius 3 is 2.37 bits per heavy atom. The van der Waals surface area contributed by atoms with Gasteiger partial charge in [-0.3, -0.25) is 14.4 Å². The summed E-state index contributed by atoms with van der Waals surface area (Å²) in [7, 11) is 1.21. The molecule has 1 heterocycles. The molecule has 0 aliphatic carbocycles. The first-order valence-corrected chi connectivity index (χ1v) is 9.27. The van der Waals surface area contributed by atoms with E-state index in [9.17, 15) is 24.3 Å². The normalized spacial score (nSPS) is 19.8. The van der Waals surface area contributed by atoms with E-state index in [1.54, 1.807) is 0 Å². The molecule has 1 aliphatic heterocycles. The number of aliphatic hydroxyl groups excluding tert-OH is 1. The molecular weight excluding hydrogens is 354 g/mol. The number of carbonyl (C=O) groups excluding carboxylic acids is 4. The summed E-state index contributed by atoms with van der Waals surface area (Å²) in [6.45, 7) is 5.83. The van der Waals surface area contributed by atoms with E-state index in [0.29, 0.717) is 19.4 Å². The molecule has 1 aliphatic rings. The van der Waals surface area contributed by atoms with E-state index in [1.807, 2.05) is 13.8 Å². The number of rotatable bonds is 10. The maximum atomic E-state index is 12.7. The summed E-state index contributed by atoms with van der Waals surface area (Å²) in [5.41, 5.74) is 0. The van der Waals surface area contributed by atoms with Crippen LogP contribution in [0, 0.1) is 11.8 Å². The van der Waals surface area contributed by atoms with Crippen LogP contribution >= 0.6 is 0 Å². The van der Waals surface area contributed by atoms with Gasteiger partial charge < -0.3 is 25.8 Å². The highest BCUT2D eigenvalue weighted by atomic mass is 16.5. The number of amides is 3. The number of methoxy groups -OCH3 is 1. The lowest BCUT2D eigenvalue weighted by atomic mass is 9.97. The number of carbonyl (C=O) groups is 4. The molecule has 0 bridgehead atoms. The molecule has 3 amide bonds. The zero-order chi connectivity index (χ0) is 20.6. The van der Waals surface area contributed by atoms with E-state index in [2.05, 4.69) is 16.0 Å². The van der Waals surface area contributed by atoms with Gasteiger partial charge >= 0.3 is 5.97 Å². The Bertz CT molecular complexity index is 549. The fourth-order valence-corrected chi connectivity index (χ4v) is 3.01. The summed E-state index contributed by atoms with van der Waals surface area (Å²) in [6.07, 6.45) is 0.152. The average molecular weight is 385 g/mol. The summed E-state index contributed by atoms with van der Waals surface area (Å²) in [6, 6.07) is -1.82. The van der Waals surface area contributed by atoms with Crippen molar-refractivity contribution in [3.05, 3.63) is 0 Å². The molecule has 27 heavy (non-hydrogen) atoms. The Morgan fingerprint density at radius 2 is 1.89 bits per heavy atom. The molecule has 0 aromatic rings. The Kier molecular flexibility index (Phi) is 9.20. The van der Waals surface area contributed by atoms with Crippen LogP contribution in [-0.2, 0) is 23.9 Å². The minimum absolute atomic E-state index is 0.116. The van der Waals surface area contributed by atoms with Gasteiger partial charge in [0.1, 0.15) is 12.1 Å². The van der Waals surface area contributed by atoms with Crippen molar-refractivity contribution in [1.82, 2.24) is 16.0 Å². The number of esters is 1. The summed E-state index contributed by atoms with van der Waals surface area (Å²) >= 11 is 0. The molecule has 4 N–H and O–H groups in total. The van der Waals surface area contributed by atoms with Gasteiger partial charge in [0.05, 0.1) is 19.6 Å². The molecular formula is C18H31N3O6. The van der Waals surface area contributed by atoms with Crippen LogP contribution in [0.1, 0.15) is 46.5 Å². The zero-order valence-corrected chi connectivity index (χ0v) is 16.4. The molecule has 4 atom stereocenters. The van der Waals surface area contributed by atoms with Gasteiger partial charge in [0.15, 0.2) is 0 Å². The highest BCUT2D eigenvalue weighted by Gasteiger charge is 2.33. The second-order valence-electron chi connectivity index (χ2n) is 7.40. The summed E-state index contributed by atoms with van der Waals surface area (Å²) in [5.74, 6) is -2.01. The van der Waals surface area contributed by atoms with Crippen LogP contribution in [0.15, 0.2) is 0 Å².